The van der Waals surface area contributed by atoms with E-state index in [9.17, 15) is 57.5 Å². The van der Waals surface area contributed by atoms with E-state index in [1.165, 1.54) is 20.3 Å². The van der Waals surface area contributed by atoms with Crippen LogP contribution in [0.5, 0.6) is 0 Å². The summed E-state index contributed by atoms with van der Waals surface area (Å²) in [6.07, 6.45) is 7.97. The number of nitrogens with zero attached hydrogens (tertiary/aromatic N) is 6. The largest absolute Gasteiger partial charge is 0.481 e. The molecular weight excluding hydrogens is 1570 g/mol. The van der Waals surface area contributed by atoms with Crippen LogP contribution < -0.4 is 27.9 Å². The SMILES string of the molecule is CC(C)(C)OC(=O)N1CCC(C)(C(=O)Cc2cccc(Cn3ccc4ccc(C(=O)NO)cc4c3=O)c2)CC1.CC(C)(C)OC(=O)N1CCC(C)(C(=O)O)CC1.CO.COC(=O)c1ccc2ccn(Cc3cccc(CC(=O)C4(C)CCN(C(=O)OC(C)(C)C)CC4)c3)c(=O)c2c1.COC(=O)c1ccc2ccn(Cc3cccc(N)c3)c(=O)c2c1.Cl. The quantitative estimate of drug-likeness (QED) is 0.0197. The highest BCUT2D eigenvalue weighted by molar-refractivity contribution is 5.98. The molecule has 3 saturated heterocycles. The van der Waals surface area contributed by atoms with Crippen LogP contribution in [-0.2, 0) is 70.5 Å². The van der Waals surface area contributed by atoms with Gasteiger partial charge in [-0.15, -0.1) is 12.4 Å². The number of methoxy groups -OCH3 is 2. The van der Waals surface area contributed by atoms with E-state index in [4.69, 9.17) is 44.8 Å². The molecule has 0 atom stereocenters. The molecule has 3 aromatic heterocycles. The van der Waals surface area contributed by atoms with Crippen LogP contribution in [0.3, 0.4) is 0 Å². The number of aliphatic hydroxyl groups excluding tert-OH is 1. The highest BCUT2D eigenvalue weighted by Gasteiger charge is 2.42. The smallest absolute Gasteiger partial charge is 0.410 e. The molecule has 3 fully saturated rings. The molecule has 3 aliphatic rings. The molecule has 28 nitrogen and oxygen atoms in total. The standard InChI is InChI=1S/C31H36N2O6.C30H35N3O6.C18H16N2O3.C12H21NO4.CH4O.ClH/c1-30(2,3)39-29(37)32-15-12-31(4,13-16-32)26(34)18-21-7-6-8-22(17-21)20-33-14-11-23-9-10-24(28(36)38-5)19-25(23)27(33)35;1-29(2,3)39-28(37)32-14-11-30(4,12-15-32)25(34)17-20-6-5-7-21(16-20)19-33-13-10-22-8-9-23(26(35)31-38)18-24(22)27(33)36;1-23-18(22)14-6-5-13-7-8-20(17(21)16(13)10-14)11-12-3-2-4-15(19)9-12;1-11(2,3)17-10(16)13-7-5-12(4,6-8-13)9(14)15;1-2;/h6-11,14,17,19H,12-13,15-16,18,20H2,1-5H3;5-10,13,16,18,38H,11-12,14-15,17,19H2,1-4H3,(H,31,35);2-10H,11,19H2,1H3;5-8H2,1-4H3,(H,14,15);2H,1H3;1H. The number of piperidine rings is 3. The predicted octanol–water partition coefficient (Wildman–Crippen LogP) is 13.9. The maximum atomic E-state index is 13.3. The number of aliphatic carboxylic acids is 1. The molecule has 0 aliphatic carbocycles. The number of carbonyl (C=O) groups is 9. The van der Waals surface area contributed by atoms with Crippen LogP contribution in [0.1, 0.15) is 181 Å². The van der Waals surface area contributed by atoms with Crippen LogP contribution in [-0.4, -0.2) is 175 Å². The van der Waals surface area contributed by atoms with Crippen molar-refractivity contribution in [2.45, 2.75) is 171 Å². The fraction of sp³-hybridized carbons (Fsp3) is 0.413. The number of carboxylic acids is 1. The van der Waals surface area contributed by atoms with Crippen molar-refractivity contribution in [2.24, 2.45) is 16.2 Å². The third-order valence-corrected chi connectivity index (χ3v) is 21.3. The average Bonchev–Trinajstić information content (AvgIpc) is 0.797. The Morgan fingerprint density at radius 3 is 1.00 bits per heavy atom. The fourth-order valence-corrected chi connectivity index (χ4v) is 14.0. The van der Waals surface area contributed by atoms with E-state index in [0.717, 1.165) is 45.7 Å². The average molecular weight is 1690 g/mol. The van der Waals surface area contributed by atoms with E-state index in [1.54, 1.807) is 120 Å². The van der Waals surface area contributed by atoms with Crippen molar-refractivity contribution in [1.82, 2.24) is 33.9 Å². The molecule has 6 aromatic carbocycles. The van der Waals surface area contributed by atoms with Gasteiger partial charge in [0.05, 0.1) is 50.4 Å². The molecule has 0 radical (unpaired) electrons. The van der Waals surface area contributed by atoms with Gasteiger partial charge in [0.1, 0.15) is 28.4 Å². The number of hydrogen-bond acceptors (Lipinski definition) is 20. The minimum absolute atomic E-state index is 0. The molecule has 0 bridgehead atoms. The van der Waals surface area contributed by atoms with Gasteiger partial charge in [-0.2, -0.15) is 0 Å². The number of aromatic nitrogens is 3. The van der Waals surface area contributed by atoms with Gasteiger partial charge >= 0.3 is 36.2 Å². The lowest BCUT2D eigenvalue weighted by Crippen LogP contribution is -2.47. The summed E-state index contributed by atoms with van der Waals surface area (Å²) >= 11 is 0. The summed E-state index contributed by atoms with van der Waals surface area (Å²) in [4.78, 5) is 154. The first-order chi connectivity index (χ1) is 56.5. The van der Waals surface area contributed by atoms with Crippen LogP contribution in [0.2, 0.25) is 0 Å². The van der Waals surface area contributed by atoms with Crippen molar-refractivity contribution in [3.63, 3.8) is 0 Å². The number of ether oxygens (including phenoxy) is 5. The zero-order valence-electron chi connectivity index (χ0n) is 71.6. The minimum Gasteiger partial charge on any atom is -0.481 e. The van der Waals surface area contributed by atoms with Gasteiger partial charge in [-0.3, -0.25) is 38.8 Å². The van der Waals surface area contributed by atoms with Crippen molar-refractivity contribution in [2.75, 3.05) is 66.3 Å². The number of carboxylic acid groups (broad SMARTS) is 1. The van der Waals surface area contributed by atoms with E-state index in [0.29, 0.717) is 136 Å². The summed E-state index contributed by atoms with van der Waals surface area (Å²) in [5.41, 5.74) is 9.35. The second kappa shape index (κ2) is 41.3. The number of hydrogen-bond donors (Lipinski definition) is 5. The first-order valence-electron chi connectivity index (χ1n) is 39.7. The van der Waals surface area contributed by atoms with Crippen LogP contribution >= 0.6 is 12.4 Å². The summed E-state index contributed by atoms with van der Waals surface area (Å²) in [5, 5.41) is 28.5. The van der Waals surface area contributed by atoms with E-state index in [2.05, 4.69) is 0 Å². The molecule has 6 N–H and O–H groups in total. The zero-order valence-corrected chi connectivity index (χ0v) is 72.4. The highest BCUT2D eigenvalue weighted by atomic mass is 35.5. The Balaban J connectivity index is 0.000000230. The van der Waals surface area contributed by atoms with Gasteiger partial charge in [0.2, 0.25) is 0 Å². The number of rotatable bonds is 16. The Morgan fingerprint density at radius 2 is 0.702 bits per heavy atom. The van der Waals surface area contributed by atoms with Crippen molar-refractivity contribution in [1.29, 1.82) is 0 Å². The first kappa shape index (κ1) is 96.1. The molecule has 4 amide bonds. The molecule has 0 unspecified atom stereocenters. The normalized spacial score (nSPS) is 14.6. The van der Waals surface area contributed by atoms with Gasteiger partial charge in [0, 0.05) is 116 Å². The Bertz CT molecular complexity index is 5210. The molecule has 3 aliphatic heterocycles. The number of fused-ring (bicyclic) bond motifs is 3. The second-order valence-electron chi connectivity index (χ2n) is 34.1. The summed E-state index contributed by atoms with van der Waals surface area (Å²) < 4.78 is 30.4. The number of nitrogens with one attached hydrogen (secondary N) is 1. The third kappa shape index (κ3) is 26.2. The number of aliphatic hydroxyl groups is 1. The second-order valence-corrected chi connectivity index (χ2v) is 34.1. The lowest BCUT2D eigenvalue weighted by atomic mass is 9.75. The summed E-state index contributed by atoms with van der Waals surface area (Å²) in [7, 11) is 3.62. The Labute approximate surface area is 709 Å². The summed E-state index contributed by atoms with van der Waals surface area (Å²) in [6, 6.07) is 42.8. The molecule has 0 spiro atoms. The Kier molecular flexibility index (Phi) is 32.8. The van der Waals surface area contributed by atoms with Crippen molar-refractivity contribution < 1.29 is 82.3 Å². The number of hydroxylamine groups is 1. The zero-order chi connectivity index (χ0) is 88.4. The number of amides is 4. The van der Waals surface area contributed by atoms with Crippen molar-refractivity contribution in [3.05, 3.63) is 240 Å². The van der Waals surface area contributed by atoms with E-state index < -0.39 is 56.9 Å². The molecule has 29 heteroatoms. The van der Waals surface area contributed by atoms with E-state index in [-0.39, 0.29) is 77.3 Å². The molecule has 9 aromatic rings. The molecule has 121 heavy (non-hydrogen) atoms. The van der Waals surface area contributed by atoms with Crippen LogP contribution in [0.4, 0.5) is 20.1 Å². The maximum Gasteiger partial charge on any atom is 0.410 e. The summed E-state index contributed by atoms with van der Waals surface area (Å²) in [6.45, 7) is 26.0. The molecular formula is C92H113ClN8O20. The number of pyridine rings is 3. The predicted molar refractivity (Wildman–Crippen MR) is 463 cm³/mol. The Hall–Kier alpha value is -12.0. The first-order valence-corrected chi connectivity index (χ1v) is 39.7. The monoisotopic (exact) mass is 1680 g/mol. The van der Waals surface area contributed by atoms with Crippen LogP contribution in [0.25, 0.3) is 32.3 Å². The van der Waals surface area contributed by atoms with Crippen molar-refractivity contribution in [3.8, 4) is 0 Å². The third-order valence-electron chi connectivity index (χ3n) is 21.3. The van der Waals surface area contributed by atoms with Gasteiger partial charge in [-0.1, -0.05) is 92.7 Å². The number of nitrogens with two attached hydrogens (primary N) is 1. The number of esters is 2. The minimum atomic E-state index is -0.790. The molecule has 0 saturated carbocycles. The van der Waals surface area contributed by atoms with E-state index >= 15 is 0 Å². The number of likely N-dealkylation sites (tertiary alicyclic amines) is 3. The number of carbonyl (C=O) groups excluding carboxylic acids is 8. The lowest BCUT2D eigenvalue weighted by molar-refractivity contribution is -0.150. The van der Waals surface area contributed by atoms with Gasteiger partial charge in [0.25, 0.3) is 22.6 Å². The number of Topliss-reactive ketones (excluding diaryl/α,β-unsaturated/α-hetero) is 2. The Morgan fingerprint density at radius 1 is 0.413 bits per heavy atom. The molecule has 648 valence electrons. The van der Waals surface area contributed by atoms with Crippen LogP contribution in [0.15, 0.2) is 179 Å². The van der Waals surface area contributed by atoms with Gasteiger partial charge < -0.3 is 68.0 Å². The van der Waals surface area contributed by atoms with Gasteiger partial charge in [0.15, 0.2) is 0 Å². The van der Waals surface area contributed by atoms with Gasteiger partial charge in [-0.05, 0) is 218 Å². The highest BCUT2D eigenvalue weighted by Crippen LogP contribution is 2.37. The number of benzene rings is 6. The number of halogens is 1. The number of ketones is 2. The molecule has 6 heterocycles. The summed E-state index contributed by atoms with van der Waals surface area (Å²) in [5.74, 6) is -2.16. The lowest BCUT2D eigenvalue weighted by Gasteiger charge is -2.38. The fourth-order valence-electron chi connectivity index (χ4n) is 14.0. The van der Waals surface area contributed by atoms with Gasteiger partial charge in [-0.25, -0.2) is 29.5 Å². The topological polar surface area (TPSA) is 374 Å². The number of anilines is 1. The van der Waals surface area contributed by atoms with Crippen molar-refractivity contribution >= 4 is 104 Å². The van der Waals surface area contributed by atoms with Crippen LogP contribution in [0, 0.1) is 16.2 Å². The molecule has 12 rings (SSSR count). The maximum absolute atomic E-state index is 13.3. The van der Waals surface area contributed by atoms with E-state index in [1.807, 2.05) is 155 Å². The number of nitrogen functional groups attached to an aromatic ring is 1.